The van der Waals surface area contributed by atoms with E-state index in [1.54, 1.807) is 18.2 Å². The summed E-state index contributed by atoms with van der Waals surface area (Å²) < 4.78 is 28.4. The van der Waals surface area contributed by atoms with Crippen molar-refractivity contribution in [2.75, 3.05) is 0 Å². The van der Waals surface area contributed by atoms with Gasteiger partial charge in [0.15, 0.2) is 0 Å². The minimum atomic E-state index is -3.89. The molecule has 1 aromatic rings. The van der Waals surface area contributed by atoms with Crippen molar-refractivity contribution in [3.63, 3.8) is 0 Å². The number of nitriles is 1. The minimum absolute atomic E-state index is 0.0590. The van der Waals surface area contributed by atoms with Crippen molar-refractivity contribution in [3.05, 3.63) is 30.3 Å². The molecule has 1 aliphatic rings. The van der Waals surface area contributed by atoms with Crippen LogP contribution in [0.4, 0.5) is 0 Å². The van der Waals surface area contributed by atoms with Crippen molar-refractivity contribution in [1.29, 1.82) is 5.26 Å². The van der Waals surface area contributed by atoms with Gasteiger partial charge in [-0.25, -0.2) is 0 Å². The van der Waals surface area contributed by atoms with Crippen LogP contribution in [0.1, 0.15) is 25.7 Å². The van der Waals surface area contributed by atoms with Gasteiger partial charge in [0.2, 0.25) is 0 Å². The third-order valence-electron chi connectivity index (χ3n) is 3.02. The van der Waals surface area contributed by atoms with E-state index in [2.05, 4.69) is 11.2 Å². The van der Waals surface area contributed by atoms with Crippen LogP contribution >= 0.6 is 0 Å². The molecule has 0 amide bonds. The number of oxime groups is 1. The van der Waals surface area contributed by atoms with E-state index >= 15 is 0 Å². The molecule has 1 saturated carbocycles. The fraction of sp³-hybridized carbons (Fsp3) is 0.385. The molecule has 0 spiro atoms. The van der Waals surface area contributed by atoms with E-state index < -0.39 is 10.1 Å². The van der Waals surface area contributed by atoms with E-state index in [1.165, 1.54) is 12.1 Å². The van der Waals surface area contributed by atoms with Gasteiger partial charge < -0.3 is 0 Å². The molecule has 0 heterocycles. The van der Waals surface area contributed by atoms with Crippen LogP contribution < -0.4 is 0 Å². The molecule has 5 nitrogen and oxygen atoms in total. The van der Waals surface area contributed by atoms with Crippen molar-refractivity contribution in [3.8, 4) is 6.07 Å². The Morgan fingerprint density at radius 3 is 2.68 bits per heavy atom. The molecule has 0 saturated heterocycles. The van der Waals surface area contributed by atoms with Gasteiger partial charge in [-0.05, 0) is 31.4 Å². The highest BCUT2D eigenvalue weighted by atomic mass is 32.2. The summed E-state index contributed by atoms with van der Waals surface area (Å²) in [6.45, 7) is 0. The molecule has 0 N–H and O–H groups in total. The fourth-order valence-electron chi connectivity index (χ4n) is 1.97. The van der Waals surface area contributed by atoms with Crippen LogP contribution in [0.3, 0.4) is 0 Å². The Bertz CT molecular complexity index is 603. The van der Waals surface area contributed by atoms with Crippen LogP contribution in [0.5, 0.6) is 0 Å². The normalized spacial score (nSPS) is 21.8. The molecule has 0 aliphatic heterocycles. The molecule has 1 unspecified atom stereocenters. The zero-order valence-corrected chi connectivity index (χ0v) is 11.1. The summed E-state index contributed by atoms with van der Waals surface area (Å²) in [5.41, 5.74) is 0.522. The number of nitrogens with zero attached hydrogens (tertiary/aromatic N) is 2. The lowest BCUT2D eigenvalue weighted by Gasteiger charge is -2.16. The van der Waals surface area contributed by atoms with Gasteiger partial charge >= 0.3 is 10.1 Å². The number of benzene rings is 1. The Morgan fingerprint density at radius 1 is 1.26 bits per heavy atom. The lowest BCUT2D eigenvalue weighted by atomic mass is 9.88. The average molecular weight is 278 g/mol. The second kappa shape index (κ2) is 5.85. The third kappa shape index (κ3) is 3.32. The standard InChI is InChI=1S/C13H14N2O3S/c14-10-11-6-4-5-9-13(11)15-18-19(16,17)12-7-2-1-3-8-12/h1-3,7-8,11H,4-6,9H2. The van der Waals surface area contributed by atoms with E-state index in [9.17, 15) is 8.42 Å². The van der Waals surface area contributed by atoms with Gasteiger partial charge in [-0.2, -0.15) is 13.7 Å². The zero-order chi connectivity index (χ0) is 13.7. The highest BCUT2D eigenvalue weighted by Gasteiger charge is 2.22. The first kappa shape index (κ1) is 13.6. The molecule has 2 rings (SSSR count). The van der Waals surface area contributed by atoms with Gasteiger partial charge in [-0.1, -0.05) is 29.8 Å². The van der Waals surface area contributed by atoms with Gasteiger partial charge in [0.05, 0.1) is 17.7 Å². The molecular formula is C13H14N2O3S. The maximum absolute atomic E-state index is 11.9. The maximum atomic E-state index is 11.9. The summed E-state index contributed by atoms with van der Waals surface area (Å²) in [5.74, 6) is -0.334. The maximum Gasteiger partial charge on any atom is 0.358 e. The summed E-state index contributed by atoms with van der Waals surface area (Å²) >= 11 is 0. The van der Waals surface area contributed by atoms with Crippen molar-refractivity contribution in [2.24, 2.45) is 11.1 Å². The average Bonchev–Trinajstić information content (AvgIpc) is 2.46. The summed E-state index contributed by atoms with van der Waals surface area (Å²) in [6.07, 6.45) is 3.20. The predicted molar refractivity (Wildman–Crippen MR) is 69.7 cm³/mol. The Labute approximate surface area is 112 Å². The second-order valence-electron chi connectivity index (χ2n) is 4.35. The first-order valence-electron chi connectivity index (χ1n) is 6.08. The Balaban J connectivity index is 2.15. The van der Waals surface area contributed by atoms with Crippen molar-refractivity contribution in [2.45, 2.75) is 30.6 Å². The number of rotatable bonds is 3. The second-order valence-corrected chi connectivity index (χ2v) is 5.88. The zero-order valence-electron chi connectivity index (χ0n) is 10.3. The van der Waals surface area contributed by atoms with Gasteiger partial charge in [0.1, 0.15) is 4.90 Å². The largest absolute Gasteiger partial charge is 0.358 e. The first-order chi connectivity index (χ1) is 9.13. The number of hydrogen-bond acceptors (Lipinski definition) is 5. The van der Waals surface area contributed by atoms with Gasteiger partial charge in [0, 0.05) is 0 Å². The molecule has 1 fully saturated rings. The lowest BCUT2D eigenvalue weighted by Crippen LogP contribution is -2.18. The van der Waals surface area contributed by atoms with Crippen LogP contribution in [-0.4, -0.2) is 14.1 Å². The minimum Gasteiger partial charge on any atom is -0.265 e. The molecule has 1 aromatic carbocycles. The third-order valence-corrected chi connectivity index (χ3v) is 4.14. The van der Waals surface area contributed by atoms with Gasteiger partial charge in [-0.3, -0.25) is 4.28 Å². The quantitative estimate of drug-likeness (QED) is 0.795. The smallest absolute Gasteiger partial charge is 0.265 e. The van der Waals surface area contributed by atoms with Crippen LogP contribution in [-0.2, 0) is 14.4 Å². The summed E-state index contributed by atoms with van der Waals surface area (Å²) in [6, 6.07) is 9.96. The highest BCUT2D eigenvalue weighted by molar-refractivity contribution is 7.86. The van der Waals surface area contributed by atoms with Crippen molar-refractivity contribution < 1.29 is 12.7 Å². The van der Waals surface area contributed by atoms with E-state index in [4.69, 9.17) is 9.55 Å². The van der Waals surface area contributed by atoms with Gasteiger partial charge in [0.25, 0.3) is 0 Å². The van der Waals surface area contributed by atoms with Crippen molar-refractivity contribution in [1.82, 2.24) is 0 Å². The van der Waals surface area contributed by atoms with Crippen LogP contribution in [0, 0.1) is 17.2 Å². The fourth-order valence-corrected chi connectivity index (χ4v) is 2.74. The molecule has 1 atom stereocenters. The van der Waals surface area contributed by atoms with E-state index in [1.807, 2.05) is 0 Å². The van der Waals surface area contributed by atoms with Crippen LogP contribution in [0.15, 0.2) is 40.4 Å². The molecular weight excluding hydrogens is 264 g/mol. The molecule has 19 heavy (non-hydrogen) atoms. The summed E-state index contributed by atoms with van der Waals surface area (Å²) in [7, 11) is -3.89. The Kier molecular flexibility index (Phi) is 4.17. The molecule has 100 valence electrons. The van der Waals surface area contributed by atoms with Crippen LogP contribution in [0.2, 0.25) is 0 Å². The number of hydrogen-bond donors (Lipinski definition) is 0. The van der Waals surface area contributed by atoms with Gasteiger partial charge in [-0.15, -0.1) is 0 Å². The molecule has 0 radical (unpaired) electrons. The predicted octanol–water partition coefficient (Wildman–Crippen LogP) is 2.46. The lowest BCUT2D eigenvalue weighted by molar-refractivity contribution is 0.332. The SMILES string of the molecule is N#CC1CCCCC1=NOS(=O)(=O)c1ccccc1. The first-order valence-corrected chi connectivity index (χ1v) is 7.49. The summed E-state index contributed by atoms with van der Waals surface area (Å²) in [5, 5.41) is 12.7. The van der Waals surface area contributed by atoms with E-state index in [0.717, 1.165) is 12.8 Å². The monoisotopic (exact) mass is 278 g/mol. The molecule has 6 heteroatoms. The summed E-state index contributed by atoms with van der Waals surface area (Å²) in [4.78, 5) is 0.0590. The Morgan fingerprint density at radius 2 is 2.00 bits per heavy atom. The van der Waals surface area contributed by atoms with E-state index in [-0.39, 0.29) is 10.8 Å². The highest BCUT2D eigenvalue weighted by Crippen LogP contribution is 2.22. The Hall–Kier alpha value is -1.87. The topological polar surface area (TPSA) is 79.5 Å². The van der Waals surface area contributed by atoms with E-state index in [0.29, 0.717) is 18.6 Å². The van der Waals surface area contributed by atoms with Crippen molar-refractivity contribution >= 4 is 15.8 Å². The van der Waals surface area contributed by atoms with Crippen LogP contribution in [0.25, 0.3) is 0 Å². The molecule has 1 aliphatic carbocycles. The molecule has 0 aromatic heterocycles. The molecule has 0 bridgehead atoms.